The molecule has 18 unspecified atom stereocenters. The van der Waals surface area contributed by atoms with E-state index in [1.54, 1.807) is 13.8 Å². The van der Waals surface area contributed by atoms with Crippen molar-refractivity contribution >= 4 is 18.3 Å². The van der Waals surface area contributed by atoms with Gasteiger partial charge in [0.15, 0.2) is 18.7 Å². The Kier molecular flexibility index (Phi) is 21.8. The van der Waals surface area contributed by atoms with Crippen LogP contribution in [0.3, 0.4) is 0 Å². The van der Waals surface area contributed by atoms with Crippen molar-refractivity contribution in [1.82, 2.24) is 5.32 Å². The average Bonchev–Trinajstić information content (AvgIpc) is 1.07. The van der Waals surface area contributed by atoms with Gasteiger partial charge in [0.05, 0.1) is 49.1 Å². The lowest BCUT2D eigenvalue weighted by molar-refractivity contribution is -0.362. The summed E-state index contributed by atoms with van der Waals surface area (Å²) < 4.78 is 44.4. The van der Waals surface area contributed by atoms with E-state index < -0.39 is 144 Å². The van der Waals surface area contributed by atoms with Crippen molar-refractivity contribution in [2.45, 2.75) is 329 Å². The standard InChI is InChI=1S/C76H125NO18/c1-14-48-51-34-41(5)24-33-76(51,57(82)36-75(48,13)74(12)32-27-55-72(10,54(74)15-2)31-28-56(81)73(55,11)39-79)68(87)95-67-64(94-65-42(6)59(83)63(43(7)90-65)93-66-62(86)60(84)52(80)38-89-66)61(85)58(53(37-78)92-67)77-69(88)91-46-25-29-71(9)45(35-46)20-22-47-49-23-21-44(19-17-16-18-40(3)4)70(49,8)30-26-50(47)71/h14,39-47,49-67,78,80-86H,15-38H2,1-13H3,(H,77,88)/b48-14+/t41-,42?,43-,44?,45+,46+,47+,49+,50?,51?,52-,53-,54?,55-,56?,57-,58?,59?,60?,61?,62?,63?,64?,65+,66+,67+,70?,71?,72?,73?,74-,75-,76?/m1/s1. The zero-order chi connectivity index (χ0) is 68.9. The number of ether oxygens (including phenoxy) is 7. The summed E-state index contributed by atoms with van der Waals surface area (Å²) in [6.45, 7) is 27.2. The Hall–Kier alpha value is -2.37. The van der Waals surface area contributed by atoms with Gasteiger partial charge in [0, 0.05) is 5.92 Å². The number of carbonyl (C=O) groups is 3. The zero-order valence-electron chi connectivity index (χ0n) is 59.9. The van der Waals surface area contributed by atoms with Crippen LogP contribution in [-0.2, 0) is 42.7 Å². The van der Waals surface area contributed by atoms with E-state index in [1.165, 1.54) is 57.8 Å². The molecule has 0 aromatic heterocycles. The molecule has 3 aliphatic heterocycles. The van der Waals surface area contributed by atoms with Gasteiger partial charge in [-0.15, -0.1) is 0 Å². The molecular formula is C76H125NO18. The van der Waals surface area contributed by atoms with Crippen molar-refractivity contribution in [3.63, 3.8) is 0 Å². The van der Waals surface area contributed by atoms with Gasteiger partial charge >= 0.3 is 12.1 Å². The van der Waals surface area contributed by atoms with E-state index in [2.05, 4.69) is 73.7 Å². The monoisotopic (exact) mass is 1340 g/mol. The summed E-state index contributed by atoms with van der Waals surface area (Å²) in [4.78, 5) is 43.5. The van der Waals surface area contributed by atoms with Crippen LogP contribution in [0.2, 0.25) is 0 Å². The second-order valence-corrected chi connectivity index (χ2v) is 35.0. The van der Waals surface area contributed by atoms with E-state index in [1.807, 2.05) is 13.8 Å². The first-order valence-corrected chi connectivity index (χ1v) is 37.8. The molecule has 95 heavy (non-hydrogen) atoms. The number of hydrogen-bond donors (Lipinski definition) is 9. The molecule has 8 saturated carbocycles. The van der Waals surface area contributed by atoms with E-state index >= 15 is 4.79 Å². The van der Waals surface area contributed by atoms with E-state index in [0.717, 1.165) is 80.5 Å². The first kappa shape index (κ1) is 73.8. The summed E-state index contributed by atoms with van der Waals surface area (Å²) in [7, 11) is 0. The van der Waals surface area contributed by atoms with Gasteiger partial charge in [0.1, 0.15) is 54.4 Å². The molecule has 1 amide bonds. The Labute approximate surface area is 567 Å². The summed E-state index contributed by atoms with van der Waals surface area (Å²) in [5.74, 6) is 2.07. The molecule has 542 valence electrons. The summed E-state index contributed by atoms with van der Waals surface area (Å²) in [5.41, 5.74) is -2.13. The lowest BCUT2D eigenvalue weighted by atomic mass is 9.35. The molecule has 0 spiro atoms. The highest BCUT2D eigenvalue weighted by atomic mass is 16.8. The first-order chi connectivity index (χ1) is 44.8. The maximum absolute atomic E-state index is 16.0. The van der Waals surface area contributed by atoms with Gasteiger partial charge in [-0.1, -0.05) is 113 Å². The largest absolute Gasteiger partial charge is 0.446 e. The van der Waals surface area contributed by atoms with Crippen LogP contribution in [-0.4, -0.2) is 171 Å². The number of hydrogen-bond acceptors (Lipinski definition) is 18. The maximum atomic E-state index is 16.0. The minimum absolute atomic E-state index is 0.0473. The lowest BCUT2D eigenvalue weighted by Crippen LogP contribution is -2.68. The lowest BCUT2D eigenvalue weighted by Gasteiger charge is -2.69. The Bertz CT molecular complexity index is 2720. The molecule has 3 heterocycles. The number of unbranched alkanes of at least 4 members (excludes halogenated alkanes) is 1. The molecule has 9 N–H and O–H groups in total. The predicted molar refractivity (Wildman–Crippen MR) is 354 cm³/mol. The molecule has 11 aliphatic rings. The van der Waals surface area contributed by atoms with Gasteiger partial charge in [-0.25, -0.2) is 4.79 Å². The average molecular weight is 1340 g/mol. The van der Waals surface area contributed by atoms with Gasteiger partial charge in [-0.05, 0) is 216 Å². The number of allylic oxidation sites excluding steroid dienone is 2. The van der Waals surface area contributed by atoms with Crippen molar-refractivity contribution in [3.8, 4) is 0 Å². The van der Waals surface area contributed by atoms with Gasteiger partial charge < -0.3 is 84.1 Å². The van der Waals surface area contributed by atoms with Crippen molar-refractivity contribution in [2.24, 2.45) is 103 Å². The Morgan fingerprint density at radius 3 is 2.11 bits per heavy atom. The second-order valence-electron chi connectivity index (χ2n) is 35.0. The third-order valence-corrected chi connectivity index (χ3v) is 30.1. The highest BCUT2D eigenvalue weighted by Crippen LogP contribution is 2.74. The fraction of sp³-hybridized carbons (Fsp3) is 0.934. The number of carbonyl (C=O) groups excluding carboxylic acids is 3. The van der Waals surface area contributed by atoms with Crippen LogP contribution in [0.15, 0.2) is 11.6 Å². The topological polar surface area (TPSA) is 290 Å². The molecule has 0 aromatic carbocycles. The molecule has 0 bridgehead atoms. The number of fused-ring (bicyclic) bond motifs is 7. The number of aliphatic hydroxyl groups is 8. The molecule has 11 rings (SSSR count). The number of rotatable bonds is 17. The number of nitrogens with one attached hydrogen (secondary N) is 1. The number of aldehydes is 1. The Morgan fingerprint density at radius 2 is 1.41 bits per heavy atom. The van der Waals surface area contributed by atoms with Crippen molar-refractivity contribution in [1.29, 1.82) is 0 Å². The summed E-state index contributed by atoms with van der Waals surface area (Å²) in [6, 6.07) is -1.37. The summed E-state index contributed by atoms with van der Waals surface area (Å²) >= 11 is 0. The second kappa shape index (κ2) is 28.1. The van der Waals surface area contributed by atoms with E-state index in [4.69, 9.17) is 33.2 Å². The fourth-order valence-electron chi connectivity index (χ4n) is 24.3. The van der Waals surface area contributed by atoms with Gasteiger partial charge in [0.2, 0.25) is 6.29 Å². The van der Waals surface area contributed by atoms with Crippen molar-refractivity contribution < 1.29 is 88.4 Å². The van der Waals surface area contributed by atoms with Crippen molar-refractivity contribution in [2.75, 3.05) is 13.2 Å². The molecule has 19 nitrogen and oxygen atoms in total. The maximum Gasteiger partial charge on any atom is 0.407 e. The van der Waals surface area contributed by atoms with Crippen LogP contribution in [0.1, 0.15) is 231 Å². The highest BCUT2D eigenvalue weighted by molar-refractivity contribution is 5.80. The Morgan fingerprint density at radius 1 is 0.705 bits per heavy atom. The highest BCUT2D eigenvalue weighted by Gasteiger charge is 2.71. The van der Waals surface area contributed by atoms with E-state index in [9.17, 15) is 50.4 Å². The third kappa shape index (κ3) is 12.5. The zero-order valence-corrected chi connectivity index (χ0v) is 59.9. The summed E-state index contributed by atoms with van der Waals surface area (Å²) in [5, 5.41) is 95.1. The minimum Gasteiger partial charge on any atom is -0.446 e. The van der Waals surface area contributed by atoms with Gasteiger partial charge in [0.25, 0.3) is 0 Å². The number of esters is 1. The molecule has 8 aliphatic carbocycles. The molecule has 19 heteroatoms. The van der Waals surface area contributed by atoms with Crippen LogP contribution in [0.25, 0.3) is 0 Å². The first-order valence-electron chi connectivity index (χ1n) is 37.8. The molecule has 0 radical (unpaired) electrons. The quantitative estimate of drug-likeness (QED) is 0.0283. The minimum atomic E-state index is -1.76. The molecular weight excluding hydrogens is 1210 g/mol. The normalized spacial score (nSPS) is 52.7. The number of amides is 1. The fourth-order valence-corrected chi connectivity index (χ4v) is 24.3. The van der Waals surface area contributed by atoms with Crippen LogP contribution in [0.4, 0.5) is 4.79 Å². The summed E-state index contributed by atoms with van der Waals surface area (Å²) in [6.07, 6.45) is 3.04. The van der Waals surface area contributed by atoms with Crippen LogP contribution < -0.4 is 5.32 Å². The van der Waals surface area contributed by atoms with Gasteiger partial charge in [-0.2, -0.15) is 0 Å². The molecule has 11 fully saturated rings. The Balaban J connectivity index is 0.828. The SMILES string of the molecule is C/C=C1\C2C[C@H](C)CCC2(C(=O)O[C@@H]2O[C@H](CO)C(NC(=O)O[C@H]3CCC4(C)C5CCC6(C)C(CCCCC(C)C)CC[C@H]6[C@@H]5CC[C@H]4C3)C(O)C2O[C@@H]2O[C@H](C)C(O[C@@H]3OC[C@@H](O)C(O)C3O)C(O)C2C)[C@H](O)C[C@@]1(C)[C@]1(C)CC[C@H]2C(C)(C=O)C(O)CCC2(C)C1CC. The van der Waals surface area contributed by atoms with Crippen molar-refractivity contribution in [3.05, 3.63) is 11.6 Å². The number of alkyl carbamates (subject to hydrolysis) is 1. The molecule has 0 aromatic rings. The predicted octanol–water partition coefficient (Wildman–Crippen LogP) is 9.85. The van der Waals surface area contributed by atoms with E-state index in [0.29, 0.717) is 42.9 Å². The van der Waals surface area contributed by atoms with Crippen LogP contribution in [0, 0.1) is 103 Å². The van der Waals surface area contributed by atoms with E-state index in [-0.39, 0.29) is 54.1 Å². The number of aliphatic hydroxyl groups excluding tert-OH is 8. The molecule has 33 atom stereocenters. The van der Waals surface area contributed by atoms with Crippen LogP contribution >= 0.6 is 0 Å². The third-order valence-electron chi connectivity index (χ3n) is 30.1. The van der Waals surface area contributed by atoms with Crippen LogP contribution in [0.5, 0.6) is 0 Å². The molecule has 3 saturated heterocycles. The van der Waals surface area contributed by atoms with Gasteiger partial charge in [-0.3, -0.25) is 4.79 Å². The smallest absolute Gasteiger partial charge is 0.407 e.